The van der Waals surface area contributed by atoms with E-state index in [-0.39, 0.29) is 34.1 Å². The van der Waals surface area contributed by atoms with Crippen LogP contribution in [0.2, 0.25) is 10.0 Å². The molecular weight excluding hydrogens is 429 g/mol. The molecule has 1 N–H and O–H groups in total. The van der Waals surface area contributed by atoms with E-state index in [0.717, 1.165) is 0 Å². The van der Waals surface area contributed by atoms with E-state index in [0.29, 0.717) is 42.5 Å². The summed E-state index contributed by atoms with van der Waals surface area (Å²) in [7, 11) is 1.43. The van der Waals surface area contributed by atoms with E-state index in [1.807, 2.05) is 0 Å². The molecule has 1 aliphatic rings. The molecule has 1 heterocycles. The molecule has 2 aromatic carbocycles. The zero-order valence-electron chi connectivity index (χ0n) is 16.6. The molecule has 0 unspecified atom stereocenters. The second-order valence-corrected chi connectivity index (χ2v) is 7.60. The second kappa shape index (κ2) is 9.36. The number of anilines is 1. The zero-order chi connectivity index (χ0) is 21.8. The number of carbonyl (C=O) groups excluding carboxylic acids is 3. The minimum absolute atomic E-state index is 0.160. The third kappa shape index (κ3) is 4.68. The minimum atomic E-state index is -0.292. The van der Waals surface area contributed by atoms with Gasteiger partial charge in [0, 0.05) is 44.4 Å². The van der Waals surface area contributed by atoms with Crippen LogP contribution in [-0.4, -0.2) is 60.8 Å². The molecule has 0 atom stereocenters. The van der Waals surface area contributed by atoms with Crippen molar-refractivity contribution in [3.63, 3.8) is 0 Å². The molecule has 0 saturated carbocycles. The van der Waals surface area contributed by atoms with Gasteiger partial charge in [-0.05, 0) is 30.3 Å². The maximum atomic E-state index is 13.0. The summed E-state index contributed by atoms with van der Waals surface area (Å²) in [5.41, 5.74) is 1.25. The topological polar surface area (TPSA) is 79.0 Å². The van der Waals surface area contributed by atoms with Gasteiger partial charge in [0.1, 0.15) is 5.56 Å². The fraction of sp³-hybridized carbons (Fsp3) is 0.286. The first-order valence-electron chi connectivity index (χ1n) is 9.30. The number of hydrogen-bond acceptors (Lipinski definition) is 4. The van der Waals surface area contributed by atoms with E-state index in [9.17, 15) is 14.4 Å². The third-order valence-corrected chi connectivity index (χ3v) is 5.37. The fourth-order valence-corrected chi connectivity index (χ4v) is 3.78. The quantitative estimate of drug-likeness (QED) is 0.773. The lowest BCUT2D eigenvalue weighted by Gasteiger charge is -2.35. The van der Waals surface area contributed by atoms with Crippen molar-refractivity contribution in [2.24, 2.45) is 0 Å². The van der Waals surface area contributed by atoms with Gasteiger partial charge in [-0.25, -0.2) is 0 Å². The summed E-state index contributed by atoms with van der Waals surface area (Å²) < 4.78 is 5.27. The highest BCUT2D eigenvalue weighted by atomic mass is 35.5. The summed E-state index contributed by atoms with van der Waals surface area (Å²) in [6, 6.07) is 9.90. The lowest BCUT2D eigenvalue weighted by molar-refractivity contribution is -0.114. The van der Waals surface area contributed by atoms with Gasteiger partial charge in [-0.3, -0.25) is 14.4 Å². The van der Waals surface area contributed by atoms with Gasteiger partial charge in [-0.2, -0.15) is 0 Å². The van der Waals surface area contributed by atoms with Crippen molar-refractivity contribution < 1.29 is 19.1 Å². The number of hydrogen-bond donors (Lipinski definition) is 1. The molecule has 0 aliphatic carbocycles. The van der Waals surface area contributed by atoms with E-state index < -0.39 is 0 Å². The number of halogens is 2. The van der Waals surface area contributed by atoms with Crippen molar-refractivity contribution in [1.29, 1.82) is 0 Å². The number of nitrogens with zero attached hydrogens (tertiary/aromatic N) is 2. The highest BCUT2D eigenvalue weighted by Crippen LogP contribution is 2.34. The minimum Gasteiger partial charge on any atom is -0.494 e. The van der Waals surface area contributed by atoms with Crippen LogP contribution in [0.25, 0.3) is 0 Å². The Bertz CT molecular complexity index is 988. The number of amides is 3. The average molecular weight is 450 g/mol. The Labute approximate surface area is 184 Å². The maximum absolute atomic E-state index is 13.0. The molecular formula is C21H21Cl2N3O4. The molecule has 2 aromatic rings. The highest BCUT2D eigenvalue weighted by Gasteiger charge is 2.29. The number of ether oxygens (including phenoxy) is 1. The number of piperazine rings is 1. The number of carbonyl (C=O) groups is 3. The van der Waals surface area contributed by atoms with Crippen LogP contribution in [-0.2, 0) is 4.79 Å². The maximum Gasteiger partial charge on any atom is 0.259 e. The van der Waals surface area contributed by atoms with Crippen LogP contribution in [0.15, 0.2) is 36.4 Å². The summed E-state index contributed by atoms with van der Waals surface area (Å²) in [6.45, 7) is 2.85. The molecule has 3 rings (SSSR count). The van der Waals surface area contributed by atoms with E-state index in [4.69, 9.17) is 27.9 Å². The lowest BCUT2D eigenvalue weighted by atomic mass is 10.1. The van der Waals surface area contributed by atoms with Crippen molar-refractivity contribution >= 4 is 46.6 Å². The van der Waals surface area contributed by atoms with Gasteiger partial charge in [0.05, 0.1) is 17.2 Å². The van der Waals surface area contributed by atoms with Crippen LogP contribution in [0, 0.1) is 0 Å². The van der Waals surface area contributed by atoms with Gasteiger partial charge in [0.25, 0.3) is 11.8 Å². The summed E-state index contributed by atoms with van der Waals surface area (Å²) in [6.07, 6.45) is 0. The number of nitrogens with one attached hydrogen (secondary N) is 1. The van der Waals surface area contributed by atoms with Gasteiger partial charge >= 0.3 is 0 Å². The molecule has 158 valence electrons. The van der Waals surface area contributed by atoms with Crippen LogP contribution < -0.4 is 10.1 Å². The first kappa shape index (κ1) is 21.9. The van der Waals surface area contributed by atoms with Crippen LogP contribution in [0.4, 0.5) is 5.69 Å². The fourth-order valence-electron chi connectivity index (χ4n) is 3.32. The van der Waals surface area contributed by atoms with Crippen molar-refractivity contribution in [3.05, 3.63) is 57.6 Å². The predicted molar refractivity (Wildman–Crippen MR) is 116 cm³/mol. The normalized spacial score (nSPS) is 13.7. The van der Waals surface area contributed by atoms with Crippen molar-refractivity contribution in [2.75, 3.05) is 38.6 Å². The molecule has 0 spiro atoms. The van der Waals surface area contributed by atoms with E-state index in [1.54, 1.807) is 46.2 Å². The van der Waals surface area contributed by atoms with E-state index >= 15 is 0 Å². The number of rotatable bonds is 4. The Morgan fingerprint density at radius 1 is 0.933 bits per heavy atom. The number of benzene rings is 2. The van der Waals surface area contributed by atoms with Gasteiger partial charge < -0.3 is 19.9 Å². The molecule has 1 saturated heterocycles. The molecule has 0 bridgehead atoms. The van der Waals surface area contributed by atoms with Crippen LogP contribution in [0.5, 0.6) is 5.75 Å². The Morgan fingerprint density at radius 2 is 1.53 bits per heavy atom. The van der Waals surface area contributed by atoms with Gasteiger partial charge in [-0.15, -0.1) is 0 Å². The first-order valence-corrected chi connectivity index (χ1v) is 10.1. The molecule has 9 heteroatoms. The zero-order valence-corrected chi connectivity index (χ0v) is 18.1. The Balaban J connectivity index is 1.69. The molecule has 7 nitrogen and oxygen atoms in total. The molecule has 30 heavy (non-hydrogen) atoms. The summed E-state index contributed by atoms with van der Waals surface area (Å²) in [5.74, 6) is -0.420. The molecule has 1 fully saturated rings. The average Bonchev–Trinajstić information content (AvgIpc) is 2.74. The molecule has 0 aromatic heterocycles. The molecule has 0 radical (unpaired) electrons. The highest BCUT2D eigenvalue weighted by molar-refractivity contribution is 6.37. The second-order valence-electron chi connectivity index (χ2n) is 6.78. The Hall–Kier alpha value is -2.77. The summed E-state index contributed by atoms with van der Waals surface area (Å²) in [4.78, 5) is 40.4. The number of methoxy groups -OCH3 is 1. The van der Waals surface area contributed by atoms with Gasteiger partial charge in [-0.1, -0.05) is 29.3 Å². The van der Waals surface area contributed by atoms with Gasteiger partial charge in [0.2, 0.25) is 5.91 Å². The Morgan fingerprint density at radius 3 is 2.13 bits per heavy atom. The summed E-state index contributed by atoms with van der Waals surface area (Å²) in [5, 5.41) is 3.23. The van der Waals surface area contributed by atoms with Crippen LogP contribution >= 0.6 is 23.2 Å². The van der Waals surface area contributed by atoms with Crippen LogP contribution in [0.1, 0.15) is 27.6 Å². The smallest absolute Gasteiger partial charge is 0.259 e. The van der Waals surface area contributed by atoms with Crippen molar-refractivity contribution in [3.8, 4) is 5.75 Å². The lowest BCUT2D eigenvalue weighted by Crippen LogP contribution is -2.50. The Kier molecular flexibility index (Phi) is 6.84. The SMILES string of the molecule is COc1c(Cl)ccc(Cl)c1C(=O)N1CCN(C(=O)c2cccc(NC(C)=O)c2)CC1. The van der Waals surface area contributed by atoms with Gasteiger partial charge in [0.15, 0.2) is 5.75 Å². The largest absolute Gasteiger partial charge is 0.494 e. The van der Waals surface area contributed by atoms with Crippen molar-refractivity contribution in [1.82, 2.24) is 9.80 Å². The van der Waals surface area contributed by atoms with E-state index in [2.05, 4.69) is 5.32 Å². The molecule has 1 aliphatic heterocycles. The third-order valence-electron chi connectivity index (χ3n) is 4.76. The summed E-state index contributed by atoms with van der Waals surface area (Å²) >= 11 is 12.4. The molecule has 3 amide bonds. The standard InChI is InChI=1S/C21H21Cl2N3O4/c1-13(27)24-15-5-3-4-14(12-15)20(28)25-8-10-26(11-9-25)21(29)18-16(22)6-7-17(23)19(18)30-2/h3-7,12H,8-11H2,1-2H3,(H,24,27). The predicted octanol–water partition coefficient (Wildman–Crippen LogP) is 3.56. The van der Waals surface area contributed by atoms with Crippen molar-refractivity contribution in [2.45, 2.75) is 6.92 Å². The monoisotopic (exact) mass is 449 g/mol. The first-order chi connectivity index (χ1) is 14.3. The van der Waals surface area contributed by atoms with Crippen LogP contribution in [0.3, 0.4) is 0 Å². The van der Waals surface area contributed by atoms with E-state index in [1.165, 1.54) is 14.0 Å².